The highest BCUT2D eigenvalue weighted by molar-refractivity contribution is 5.94. The van der Waals surface area contributed by atoms with Crippen LogP contribution in [0.5, 0.6) is 11.5 Å². The summed E-state index contributed by atoms with van der Waals surface area (Å²) >= 11 is 0. The molecule has 0 aromatic heterocycles. The van der Waals surface area contributed by atoms with E-state index >= 15 is 0 Å². The van der Waals surface area contributed by atoms with Gasteiger partial charge in [0.2, 0.25) is 0 Å². The lowest BCUT2D eigenvalue weighted by Crippen LogP contribution is -2.50. The zero-order valence-electron chi connectivity index (χ0n) is 21.0. The lowest BCUT2D eigenvalue weighted by Gasteiger charge is -2.50. The summed E-state index contributed by atoms with van der Waals surface area (Å²) in [6.45, 7) is 9.06. The summed E-state index contributed by atoms with van der Waals surface area (Å²) in [6.07, 6.45) is 6.43. The van der Waals surface area contributed by atoms with Crippen molar-refractivity contribution in [2.45, 2.75) is 77.7 Å². The van der Waals surface area contributed by atoms with Gasteiger partial charge in [-0.25, -0.2) is 0 Å². The highest BCUT2D eigenvalue weighted by Gasteiger charge is 2.49. The van der Waals surface area contributed by atoms with E-state index in [4.69, 9.17) is 14.2 Å². The van der Waals surface area contributed by atoms with Crippen LogP contribution in [0.15, 0.2) is 54.1 Å². The van der Waals surface area contributed by atoms with Crippen molar-refractivity contribution in [3.05, 3.63) is 70.8 Å². The number of amides is 1. The van der Waals surface area contributed by atoms with Crippen LogP contribution in [0, 0.1) is 5.92 Å². The molecule has 0 saturated carbocycles. The van der Waals surface area contributed by atoms with Crippen molar-refractivity contribution in [2.24, 2.45) is 5.92 Å². The van der Waals surface area contributed by atoms with Crippen molar-refractivity contribution in [1.82, 2.24) is 5.32 Å². The van der Waals surface area contributed by atoms with E-state index in [0.29, 0.717) is 12.1 Å². The Kier molecular flexibility index (Phi) is 7.32. The van der Waals surface area contributed by atoms with Gasteiger partial charge < -0.3 is 19.5 Å². The van der Waals surface area contributed by atoms with E-state index in [9.17, 15) is 4.79 Å². The first-order valence-corrected chi connectivity index (χ1v) is 12.3. The monoisotopic (exact) mass is 463 g/mol. The fourth-order valence-corrected chi connectivity index (χ4v) is 5.18. The van der Waals surface area contributed by atoms with Crippen LogP contribution in [0.4, 0.5) is 0 Å². The Bertz CT molecular complexity index is 1060. The number of carbonyl (C=O) groups excluding carboxylic acids is 1. The quantitative estimate of drug-likeness (QED) is 0.484. The van der Waals surface area contributed by atoms with Crippen molar-refractivity contribution in [3.8, 4) is 11.5 Å². The second kappa shape index (κ2) is 10.2. The number of nitrogens with one attached hydrogen (secondary N) is 1. The van der Waals surface area contributed by atoms with Crippen LogP contribution in [0.2, 0.25) is 0 Å². The highest BCUT2D eigenvalue weighted by atomic mass is 16.5. The number of allylic oxidation sites excluding steroid dienone is 2. The molecule has 5 heteroatoms. The lowest BCUT2D eigenvalue weighted by atomic mass is 9.72. The molecular weight excluding hydrogens is 426 g/mol. The largest absolute Gasteiger partial charge is 0.497 e. The summed E-state index contributed by atoms with van der Waals surface area (Å²) in [7, 11) is 1.64. The maximum absolute atomic E-state index is 13.0. The lowest BCUT2D eigenvalue weighted by molar-refractivity contribution is -0.152. The van der Waals surface area contributed by atoms with Crippen molar-refractivity contribution in [3.63, 3.8) is 0 Å². The van der Waals surface area contributed by atoms with Gasteiger partial charge in [-0.05, 0) is 89.3 Å². The topological polar surface area (TPSA) is 56.8 Å². The molecule has 0 unspecified atom stereocenters. The molecule has 2 aromatic rings. The van der Waals surface area contributed by atoms with Crippen LogP contribution in [-0.2, 0) is 11.3 Å². The summed E-state index contributed by atoms with van der Waals surface area (Å²) in [6, 6.07) is 13.5. The first-order valence-electron chi connectivity index (χ1n) is 12.3. The Morgan fingerprint density at radius 2 is 2.03 bits per heavy atom. The van der Waals surface area contributed by atoms with Crippen LogP contribution in [0.3, 0.4) is 0 Å². The van der Waals surface area contributed by atoms with Gasteiger partial charge in [0.05, 0.1) is 19.3 Å². The second-order valence-electron chi connectivity index (χ2n) is 10.1. The molecule has 0 bridgehead atoms. The second-order valence-corrected chi connectivity index (χ2v) is 10.1. The van der Waals surface area contributed by atoms with Crippen molar-refractivity contribution >= 4 is 5.91 Å². The Hall–Kier alpha value is -2.79. The molecule has 0 aliphatic carbocycles. The van der Waals surface area contributed by atoms with E-state index in [1.54, 1.807) is 7.11 Å². The SMILES string of the molecule is COc1cccc(CNC(=O)c2ccc3c(c2)[C@@H]2O[C@H](C)CC[C@H]2[C@](C)(CCC=C(C)C)O3)c1. The van der Waals surface area contributed by atoms with Crippen molar-refractivity contribution in [1.29, 1.82) is 0 Å². The third-order valence-corrected chi connectivity index (χ3v) is 7.12. The number of rotatable bonds is 7. The van der Waals surface area contributed by atoms with Gasteiger partial charge >= 0.3 is 0 Å². The zero-order chi connectivity index (χ0) is 24.3. The standard InChI is InChI=1S/C29H37NO4/c1-19(2)8-7-15-29(4)25-13-11-20(3)33-27(25)24-17-22(12-14-26(24)34-29)28(31)30-18-21-9-6-10-23(16-21)32-5/h6,8-10,12,14,16-17,20,25,27H,7,11,13,15,18H2,1-5H3,(H,30,31)/t20-,25-,27+,29+/m1/s1. The molecule has 182 valence electrons. The number of carbonyl (C=O) groups is 1. The van der Waals surface area contributed by atoms with Gasteiger partial charge in [-0.15, -0.1) is 0 Å². The first-order chi connectivity index (χ1) is 16.3. The number of hydrogen-bond acceptors (Lipinski definition) is 4. The van der Waals surface area contributed by atoms with Gasteiger partial charge in [0.1, 0.15) is 17.1 Å². The molecule has 0 spiro atoms. The Labute approximate surface area is 203 Å². The van der Waals surface area contributed by atoms with Crippen LogP contribution >= 0.6 is 0 Å². The van der Waals surface area contributed by atoms with E-state index < -0.39 is 0 Å². The molecule has 2 aliphatic rings. The number of hydrogen-bond donors (Lipinski definition) is 1. The third kappa shape index (κ3) is 5.30. The van der Waals surface area contributed by atoms with Gasteiger partial charge in [0, 0.05) is 23.6 Å². The van der Waals surface area contributed by atoms with E-state index in [1.165, 1.54) is 5.57 Å². The van der Waals surface area contributed by atoms with Gasteiger partial charge in [0.15, 0.2) is 0 Å². The van der Waals surface area contributed by atoms with Crippen molar-refractivity contribution in [2.75, 3.05) is 7.11 Å². The van der Waals surface area contributed by atoms with Crippen LogP contribution < -0.4 is 14.8 Å². The fraction of sp³-hybridized carbons (Fsp3) is 0.483. The summed E-state index contributed by atoms with van der Waals surface area (Å²) in [5, 5.41) is 3.03. The third-order valence-electron chi connectivity index (χ3n) is 7.12. The Morgan fingerprint density at radius 1 is 1.21 bits per heavy atom. The van der Waals surface area contributed by atoms with Crippen molar-refractivity contribution < 1.29 is 19.0 Å². The van der Waals surface area contributed by atoms with E-state index in [-0.39, 0.29) is 29.6 Å². The normalized spacial score (nSPS) is 25.4. The van der Waals surface area contributed by atoms with Gasteiger partial charge in [-0.2, -0.15) is 0 Å². The Morgan fingerprint density at radius 3 is 2.79 bits per heavy atom. The van der Waals surface area contributed by atoms with Gasteiger partial charge in [-0.3, -0.25) is 4.79 Å². The molecular formula is C29H37NO4. The average molecular weight is 464 g/mol. The van der Waals surface area contributed by atoms with E-state index in [0.717, 1.165) is 48.3 Å². The molecule has 1 saturated heterocycles. The summed E-state index contributed by atoms with van der Waals surface area (Å²) in [4.78, 5) is 13.0. The predicted octanol–water partition coefficient (Wildman–Crippen LogP) is 6.38. The number of methoxy groups -OCH3 is 1. The zero-order valence-corrected chi connectivity index (χ0v) is 21.0. The summed E-state index contributed by atoms with van der Waals surface area (Å²) in [5.74, 6) is 1.76. The predicted molar refractivity (Wildman–Crippen MR) is 134 cm³/mol. The minimum absolute atomic E-state index is 0.0599. The van der Waals surface area contributed by atoms with Crippen LogP contribution in [-0.4, -0.2) is 24.7 Å². The molecule has 1 amide bonds. The molecule has 34 heavy (non-hydrogen) atoms. The first kappa shape index (κ1) is 24.3. The van der Waals surface area contributed by atoms with Crippen LogP contribution in [0.25, 0.3) is 0 Å². The number of fused-ring (bicyclic) bond motifs is 3. The number of ether oxygens (including phenoxy) is 3. The highest BCUT2D eigenvalue weighted by Crippen LogP contribution is 2.52. The van der Waals surface area contributed by atoms with E-state index in [2.05, 4.69) is 39.1 Å². The molecule has 2 aliphatic heterocycles. The molecule has 2 aromatic carbocycles. The molecule has 2 heterocycles. The van der Waals surface area contributed by atoms with Crippen LogP contribution in [0.1, 0.15) is 81.0 Å². The van der Waals surface area contributed by atoms with E-state index in [1.807, 2.05) is 42.5 Å². The maximum Gasteiger partial charge on any atom is 0.251 e. The Balaban J connectivity index is 1.54. The molecule has 0 radical (unpaired) electrons. The number of benzene rings is 2. The minimum Gasteiger partial charge on any atom is -0.497 e. The molecule has 1 N–H and O–H groups in total. The molecule has 4 atom stereocenters. The smallest absolute Gasteiger partial charge is 0.251 e. The van der Waals surface area contributed by atoms with Gasteiger partial charge in [-0.1, -0.05) is 23.8 Å². The minimum atomic E-state index is -0.292. The average Bonchev–Trinajstić information content (AvgIpc) is 2.82. The van der Waals surface area contributed by atoms with Gasteiger partial charge in [0.25, 0.3) is 5.91 Å². The fourth-order valence-electron chi connectivity index (χ4n) is 5.18. The molecule has 5 nitrogen and oxygen atoms in total. The maximum atomic E-state index is 13.0. The molecule has 4 rings (SSSR count). The summed E-state index contributed by atoms with van der Waals surface area (Å²) in [5.41, 5.74) is 3.64. The summed E-state index contributed by atoms with van der Waals surface area (Å²) < 4.78 is 18.4. The molecule has 1 fully saturated rings.